The fraction of sp³-hybridized carbons (Fsp3) is 0.143. The average Bonchev–Trinajstić information content (AvgIpc) is 3.27. The first-order valence-corrected chi connectivity index (χ1v) is 9.17. The number of imidazole rings is 1. The topological polar surface area (TPSA) is 129 Å². The zero-order valence-electron chi connectivity index (χ0n) is 16.0. The summed E-state index contributed by atoms with van der Waals surface area (Å²) in [5.41, 5.74) is 4.29. The van der Waals surface area contributed by atoms with E-state index in [4.69, 9.17) is 4.74 Å². The van der Waals surface area contributed by atoms with E-state index < -0.39 is 18.0 Å². The Labute approximate surface area is 172 Å². The van der Waals surface area contributed by atoms with Crippen LogP contribution in [0.2, 0.25) is 0 Å². The van der Waals surface area contributed by atoms with Gasteiger partial charge in [0.1, 0.15) is 18.4 Å². The molecule has 2 aromatic carbocycles. The molecule has 0 unspecified atom stereocenters. The van der Waals surface area contributed by atoms with Crippen molar-refractivity contribution in [3.8, 4) is 5.75 Å². The maximum absolute atomic E-state index is 12.6. The first-order chi connectivity index (χ1) is 14.6. The SMILES string of the molecule is O=C(N[C@@H](Cc1cnc[nH]1)C(=O)N/N=C\c1ccccc1O)OCc1ccccc1. The van der Waals surface area contributed by atoms with E-state index in [0.717, 1.165) is 5.56 Å². The number of aromatic hydroxyl groups is 1. The molecule has 3 rings (SSSR count). The van der Waals surface area contributed by atoms with E-state index in [-0.39, 0.29) is 18.8 Å². The second-order valence-corrected chi connectivity index (χ2v) is 6.33. The Hall–Kier alpha value is -4.14. The van der Waals surface area contributed by atoms with Gasteiger partial charge < -0.3 is 20.1 Å². The molecule has 0 saturated heterocycles. The lowest BCUT2D eigenvalue weighted by molar-refractivity contribution is -0.123. The Morgan fingerprint density at radius 3 is 2.67 bits per heavy atom. The molecule has 0 saturated carbocycles. The number of amides is 2. The van der Waals surface area contributed by atoms with Crippen LogP contribution in [0.3, 0.4) is 0 Å². The van der Waals surface area contributed by atoms with Crippen molar-refractivity contribution in [1.82, 2.24) is 20.7 Å². The predicted octanol–water partition coefficient (Wildman–Crippen LogP) is 2.10. The highest BCUT2D eigenvalue weighted by Crippen LogP contribution is 2.12. The van der Waals surface area contributed by atoms with E-state index in [9.17, 15) is 14.7 Å². The molecule has 154 valence electrons. The number of aromatic nitrogens is 2. The van der Waals surface area contributed by atoms with Gasteiger partial charge in [0.2, 0.25) is 0 Å². The highest BCUT2D eigenvalue weighted by atomic mass is 16.5. The fourth-order valence-corrected chi connectivity index (χ4v) is 2.57. The number of phenolic OH excluding ortho intramolecular Hbond substituents is 1. The lowest BCUT2D eigenvalue weighted by Crippen LogP contribution is -2.47. The molecule has 0 fully saturated rings. The Morgan fingerprint density at radius 2 is 1.93 bits per heavy atom. The van der Waals surface area contributed by atoms with Crippen LogP contribution in [0.1, 0.15) is 16.8 Å². The molecular weight excluding hydrogens is 386 g/mol. The minimum atomic E-state index is -0.949. The summed E-state index contributed by atoms with van der Waals surface area (Å²) in [5, 5.41) is 16.1. The van der Waals surface area contributed by atoms with Gasteiger partial charge in [-0.05, 0) is 17.7 Å². The Bertz CT molecular complexity index is 990. The zero-order chi connectivity index (χ0) is 21.2. The second kappa shape index (κ2) is 10.4. The van der Waals surface area contributed by atoms with Gasteiger partial charge in [0.05, 0.1) is 12.5 Å². The molecule has 0 bridgehead atoms. The van der Waals surface area contributed by atoms with E-state index in [0.29, 0.717) is 11.3 Å². The quantitative estimate of drug-likeness (QED) is 0.336. The van der Waals surface area contributed by atoms with E-state index in [1.807, 2.05) is 30.3 Å². The molecule has 0 aliphatic rings. The number of aromatic amines is 1. The number of para-hydroxylation sites is 1. The second-order valence-electron chi connectivity index (χ2n) is 6.33. The molecule has 4 N–H and O–H groups in total. The van der Waals surface area contributed by atoms with Crippen LogP contribution in [0, 0.1) is 0 Å². The number of phenols is 1. The number of carbonyl (C=O) groups is 2. The minimum absolute atomic E-state index is 0.0344. The van der Waals surface area contributed by atoms with Crippen molar-refractivity contribution in [1.29, 1.82) is 0 Å². The summed E-state index contributed by atoms with van der Waals surface area (Å²) in [7, 11) is 0. The normalized spacial score (nSPS) is 11.7. The average molecular weight is 407 g/mol. The summed E-state index contributed by atoms with van der Waals surface area (Å²) < 4.78 is 5.19. The zero-order valence-corrected chi connectivity index (χ0v) is 16.0. The number of benzene rings is 2. The van der Waals surface area contributed by atoms with Gasteiger partial charge in [-0.1, -0.05) is 42.5 Å². The van der Waals surface area contributed by atoms with Gasteiger partial charge >= 0.3 is 6.09 Å². The number of nitrogens with one attached hydrogen (secondary N) is 3. The molecule has 0 aliphatic heterocycles. The Morgan fingerprint density at radius 1 is 1.17 bits per heavy atom. The third-order valence-corrected chi connectivity index (χ3v) is 4.12. The number of H-pyrrole nitrogens is 1. The summed E-state index contributed by atoms with van der Waals surface area (Å²) in [6.45, 7) is 0.0799. The van der Waals surface area contributed by atoms with E-state index in [1.165, 1.54) is 18.6 Å². The number of hydrazone groups is 1. The summed E-state index contributed by atoms with van der Waals surface area (Å²) in [6.07, 6.45) is 3.78. The van der Waals surface area contributed by atoms with Crippen LogP contribution < -0.4 is 10.7 Å². The molecule has 0 radical (unpaired) electrons. The summed E-state index contributed by atoms with van der Waals surface area (Å²) in [4.78, 5) is 31.6. The third-order valence-electron chi connectivity index (χ3n) is 4.12. The number of alkyl carbamates (subject to hydrolysis) is 1. The molecule has 0 spiro atoms. The van der Waals surface area contributed by atoms with Crippen LogP contribution in [0.25, 0.3) is 0 Å². The van der Waals surface area contributed by atoms with Gasteiger partial charge in [-0.3, -0.25) is 4.79 Å². The van der Waals surface area contributed by atoms with E-state index in [2.05, 4.69) is 25.8 Å². The largest absolute Gasteiger partial charge is 0.507 e. The lowest BCUT2D eigenvalue weighted by Gasteiger charge is -2.16. The maximum Gasteiger partial charge on any atom is 0.408 e. The van der Waals surface area contributed by atoms with E-state index >= 15 is 0 Å². The molecule has 9 heteroatoms. The van der Waals surface area contributed by atoms with Gasteiger partial charge in [-0.25, -0.2) is 15.2 Å². The first-order valence-electron chi connectivity index (χ1n) is 9.17. The molecule has 1 aromatic heterocycles. The highest BCUT2D eigenvalue weighted by molar-refractivity contribution is 5.88. The predicted molar refractivity (Wildman–Crippen MR) is 110 cm³/mol. The third kappa shape index (κ3) is 6.20. The molecule has 9 nitrogen and oxygen atoms in total. The first kappa shape index (κ1) is 20.6. The van der Waals surface area contributed by atoms with Gasteiger partial charge in [-0.15, -0.1) is 0 Å². The minimum Gasteiger partial charge on any atom is -0.507 e. The fourth-order valence-electron chi connectivity index (χ4n) is 2.57. The molecule has 2 amide bonds. The van der Waals surface area contributed by atoms with Crippen LogP contribution in [-0.2, 0) is 22.6 Å². The number of hydrogen-bond acceptors (Lipinski definition) is 6. The molecule has 1 heterocycles. The van der Waals surface area contributed by atoms with Gasteiger partial charge in [0.15, 0.2) is 0 Å². The number of carbonyl (C=O) groups excluding carboxylic acids is 2. The molecule has 0 aliphatic carbocycles. The molecule has 1 atom stereocenters. The Balaban J connectivity index is 1.60. The van der Waals surface area contributed by atoms with Gasteiger partial charge in [-0.2, -0.15) is 5.10 Å². The number of hydrogen-bond donors (Lipinski definition) is 4. The van der Waals surface area contributed by atoms with Crippen molar-refractivity contribution < 1.29 is 19.4 Å². The maximum atomic E-state index is 12.6. The summed E-state index contributed by atoms with van der Waals surface area (Å²) >= 11 is 0. The number of ether oxygens (including phenoxy) is 1. The van der Waals surface area contributed by atoms with Crippen LogP contribution in [0.5, 0.6) is 5.75 Å². The molecular formula is C21H21N5O4. The van der Waals surface area contributed by atoms with Crippen LogP contribution in [-0.4, -0.2) is 39.3 Å². The Kier molecular flexibility index (Phi) is 7.15. The standard InChI is InChI=1S/C21H21N5O4/c27-19-9-5-4-8-16(19)11-24-26-20(28)18(10-17-12-22-14-23-17)25-21(29)30-13-15-6-2-1-3-7-15/h1-9,11-12,14,18,27H,10,13H2,(H,22,23)(H,25,29)(H,26,28)/b24-11-/t18-/m0/s1. The number of nitrogens with zero attached hydrogens (tertiary/aromatic N) is 2. The van der Waals surface area contributed by atoms with Gasteiger partial charge in [0.25, 0.3) is 5.91 Å². The van der Waals surface area contributed by atoms with Crippen molar-refractivity contribution in [2.45, 2.75) is 19.1 Å². The monoisotopic (exact) mass is 407 g/mol. The summed E-state index contributed by atoms with van der Waals surface area (Å²) in [6, 6.07) is 14.8. The summed E-state index contributed by atoms with van der Waals surface area (Å²) in [5.74, 6) is -0.514. The van der Waals surface area contributed by atoms with Crippen LogP contribution >= 0.6 is 0 Å². The van der Waals surface area contributed by atoms with Crippen molar-refractivity contribution in [2.24, 2.45) is 5.10 Å². The van der Waals surface area contributed by atoms with Crippen molar-refractivity contribution >= 4 is 18.2 Å². The van der Waals surface area contributed by atoms with E-state index in [1.54, 1.807) is 24.4 Å². The number of rotatable bonds is 8. The lowest BCUT2D eigenvalue weighted by atomic mass is 10.1. The van der Waals surface area contributed by atoms with Crippen molar-refractivity contribution in [2.75, 3.05) is 0 Å². The molecule has 30 heavy (non-hydrogen) atoms. The van der Waals surface area contributed by atoms with Crippen LogP contribution in [0.15, 0.2) is 72.2 Å². The smallest absolute Gasteiger partial charge is 0.408 e. The van der Waals surface area contributed by atoms with Crippen molar-refractivity contribution in [3.63, 3.8) is 0 Å². The highest BCUT2D eigenvalue weighted by Gasteiger charge is 2.22. The molecule has 3 aromatic rings. The van der Waals surface area contributed by atoms with Crippen LogP contribution in [0.4, 0.5) is 4.79 Å². The van der Waals surface area contributed by atoms with Crippen molar-refractivity contribution in [3.05, 3.63) is 83.9 Å². The van der Waals surface area contributed by atoms with Gasteiger partial charge in [0, 0.05) is 23.9 Å².